The van der Waals surface area contributed by atoms with Crippen LogP contribution < -0.4 is 0 Å². The molecule has 84 valence electrons. The highest BCUT2D eigenvalue weighted by atomic mass is 14.3. The Balaban J connectivity index is 2.00. The third-order valence-corrected chi connectivity index (χ3v) is 3.94. The van der Waals surface area contributed by atoms with Crippen molar-refractivity contribution in [1.82, 2.24) is 0 Å². The van der Waals surface area contributed by atoms with Crippen LogP contribution in [0.5, 0.6) is 0 Å². The van der Waals surface area contributed by atoms with Crippen LogP contribution in [-0.4, -0.2) is 0 Å². The first-order valence-electron chi connectivity index (χ1n) is 6.33. The lowest BCUT2D eigenvalue weighted by atomic mass is 9.78. The zero-order chi connectivity index (χ0) is 11.4. The summed E-state index contributed by atoms with van der Waals surface area (Å²) in [7, 11) is 0. The fourth-order valence-electron chi connectivity index (χ4n) is 2.73. The fourth-order valence-corrected chi connectivity index (χ4v) is 2.73. The molecule has 0 amide bonds. The van der Waals surface area contributed by atoms with Gasteiger partial charge in [-0.25, -0.2) is 0 Å². The number of nitriles is 1. The van der Waals surface area contributed by atoms with Crippen molar-refractivity contribution >= 4 is 0 Å². The molecule has 0 radical (unpaired) electrons. The minimum Gasteiger partial charge on any atom is -0.192 e. The average molecular weight is 213 g/mol. The molecule has 16 heavy (non-hydrogen) atoms. The van der Waals surface area contributed by atoms with E-state index < -0.39 is 0 Å². The van der Waals surface area contributed by atoms with Crippen molar-refractivity contribution in [1.29, 1.82) is 5.26 Å². The lowest BCUT2D eigenvalue weighted by Gasteiger charge is -2.28. The van der Waals surface area contributed by atoms with E-state index >= 15 is 0 Å². The highest BCUT2D eigenvalue weighted by Crippen LogP contribution is 2.36. The van der Waals surface area contributed by atoms with Crippen molar-refractivity contribution in [3.05, 3.63) is 35.4 Å². The van der Waals surface area contributed by atoms with Crippen LogP contribution in [0.4, 0.5) is 0 Å². The van der Waals surface area contributed by atoms with Gasteiger partial charge in [0.1, 0.15) is 0 Å². The Morgan fingerprint density at radius 1 is 1.12 bits per heavy atom. The maximum absolute atomic E-state index is 8.76. The molecule has 0 N–H and O–H groups in total. The molecule has 0 spiro atoms. The number of hydrogen-bond donors (Lipinski definition) is 0. The second kappa shape index (κ2) is 5.16. The van der Waals surface area contributed by atoms with E-state index in [1.807, 2.05) is 12.1 Å². The topological polar surface area (TPSA) is 23.8 Å². The Morgan fingerprint density at radius 3 is 2.25 bits per heavy atom. The Bertz CT molecular complexity index is 363. The van der Waals surface area contributed by atoms with E-state index in [0.717, 1.165) is 17.4 Å². The van der Waals surface area contributed by atoms with Gasteiger partial charge in [0, 0.05) is 0 Å². The zero-order valence-electron chi connectivity index (χ0n) is 9.95. The van der Waals surface area contributed by atoms with Crippen LogP contribution >= 0.6 is 0 Å². The predicted molar refractivity (Wildman–Crippen MR) is 66.1 cm³/mol. The van der Waals surface area contributed by atoms with Gasteiger partial charge < -0.3 is 0 Å². The van der Waals surface area contributed by atoms with Crippen LogP contribution in [0.25, 0.3) is 0 Å². The summed E-state index contributed by atoms with van der Waals surface area (Å²) in [5.74, 6) is 1.69. The minimum atomic E-state index is 0.732. The first-order valence-corrected chi connectivity index (χ1v) is 6.33. The number of benzene rings is 1. The lowest BCUT2D eigenvalue weighted by molar-refractivity contribution is 0.319. The van der Waals surface area contributed by atoms with Crippen molar-refractivity contribution in [2.75, 3.05) is 0 Å². The largest absolute Gasteiger partial charge is 0.192 e. The Labute approximate surface area is 98.1 Å². The highest BCUT2D eigenvalue weighted by molar-refractivity contribution is 5.33. The lowest BCUT2D eigenvalue weighted by Crippen LogP contribution is -2.12. The van der Waals surface area contributed by atoms with E-state index in [-0.39, 0.29) is 0 Å². The van der Waals surface area contributed by atoms with E-state index in [4.69, 9.17) is 5.26 Å². The van der Waals surface area contributed by atoms with Crippen molar-refractivity contribution in [3.63, 3.8) is 0 Å². The van der Waals surface area contributed by atoms with Gasteiger partial charge in [0.2, 0.25) is 0 Å². The Kier molecular flexibility index (Phi) is 3.62. The van der Waals surface area contributed by atoms with Crippen LogP contribution in [0, 0.1) is 17.2 Å². The molecule has 0 saturated heterocycles. The summed E-state index contributed by atoms with van der Waals surface area (Å²) in [6.07, 6.45) is 6.73. The SMILES string of the molecule is CCC1CCC(c2ccc(C#N)cc2)CC1. The number of nitrogens with zero attached hydrogens (tertiary/aromatic N) is 1. The summed E-state index contributed by atoms with van der Waals surface area (Å²) in [5.41, 5.74) is 2.19. The first kappa shape index (κ1) is 11.2. The van der Waals surface area contributed by atoms with E-state index in [1.54, 1.807) is 0 Å². The molecule has 1 fully saturated rings. The molecule has 1 aromatic carbocycles. The highest BCUT2D eigenvalue weighted by Gasteiger charge is 2.20. The van der Waals surface area contributed by atoms with Crippen molar-refractivity contribution < 1.29 is 0 Å². The fraction of sp³-hybridized carbons (Fsp3) is 0.533. The molecule has 1 saturated carbocycles. The van der Waals surface area contributed by atoms with Crippen LogP contribution in [0.1, 0.15) is 56.1 Å². The van der Waals surface area contributed by atoms with Crippen LogP contribution in [0.3, 0.4) is 0 Å². The third kappa shape index (κ3) is 2.44. The van der Waals surface area contributed by atoms with Gasteiger partial charge >= 0.3 is 0 Å². The summed E-state index contributed by atoms with van der Waals surface area (Å²) in [4.78, 5) is 0. The third-order valence-electron chi connectivity index (χ3n) is 3.94. The van der Waals surface area contributed by atoms with Crippen molar-refractivity contribution in [2.45, 2.75) is 44.9 Å². The van der Waals surface area contributed by atoms with Crippen molar-refractivity contribution in [2.24, 2.45) is 5.92 Å². The van der Waals surface area contributed by atoms with Gasteiger partial charge in [-0.3, -0.25) is 0 Å². The van der Waals surface area contributed by atoms with Gasteiger partial charge in [0.15, 0.2) is 0 Å². The molecule has 1 heteroatoms. The summed E-state index contributed by atoms with van der Waals surface area (Å²) in [6.45, 7) is 2.30. The number of rotatable bonds is 2. The zero-order valence-corrected chi connectivity index (χ0v) is 9.95. The molecule has 0 bridgehead atoms. The maximum atomic E-state index is 8.76. The second-order valence-corrected chi connectivity index (χ2v) is 4.86. The predicted octanol–water partition coefficient (Wildman–Crippen LogP) is 4.24. The maximum Gasteiger partial charge on any atom is 0.0991 e. The van der Waals surface area contributed by atoms with E-state index in [1.165, 1.54) is 37.7 Å². The second-order valence-electron chi connectivity index (χ2n) is 4.86. The first-order chi connectivity index (χ1) is 7.83. The molecule has 1 nitrogen and oxygen atoms in total. The molecule has 0 atom stereocenters. The average Bonchev–Trinajstić information content (AvgIpc) is 2.39. The number of hydrogen-bond acceptors (Lipinski definition) is 1. The summed E-state index contributed by atoms with van der Waals surface area (Å²) in [6, 6.07) is 10.3. The van der Waals surface area contributed by atoms with E-state index in [0.29, 0.717) is 0 Å². The molecule has 1 aromatic rings. The standard InChI is InChI=1S/C15H19N/c1-2-12-3-7-14(8-4-12)15-9-5-13(11-16)6-10-15/h5-6,9-10,12,14H,2-4,7-8H2,1H3. The van der Waals surface area contributed by atoms with Gasteiger partial charge in [-0.2, -0.15) is 5.26 Å². The molecule has 0 aromatic heterocycles. The monoisotopic (exact) mass is 213 g/mol. The molecular formula is C15H19N. The van der Waals surface area contributed by atoms with Crippen LogP contribution in [-0.2, 0) is 0 Å². The molecule has 2 rings (SSSR count). The minimum absolute atomic E-state index is 0.732. The van der Waals surface area contributed by atoms with Gasteiger partial charge in [-0.15, -0.1) is 0 Å². The molecular weight excluding hydrogens is 194 g/mol. The quantitative estimate of drug-likeness (QED) is 0.720. The summed E-state index contributed by atoms with van der Waals surface area (Å²) >= 11 is 0. The Morgan fingerprint density at radius 2 is 1.75 bits per heavy atom. The van der Waals surface area contributed by atoms with E-state index in [2.05, 4.69) is 25.1 Å². The molecule has 0 unspecified atom stereocenters. The Hall–Kier alpha value is -1.29. The summed E-state index contributed by atoms with van der Waals surface area (Å²) in [5, 5.41) is 8.76. The van der Waals surface area contributed by atoms with Gasteiger partial charge in [0.25, 0.3) is 0 Å². The molecule has 1 aliphatic carbocycles. The summed E-state index contributed by atoms with van der Waals surface area (Å²) < 4.78 is 0. The molecule has 0 aliphatic heterocycles. The van der Waals surface area contributed by atoms with Crippen LogP contribution in [0.2, 0.25) is 0 Å². The van der Waals surface area contributed by atoms with Crippen LogP contribution in [0.15, 0.2) is 24.3 Å². The van der Waals surface area contributed by atoms with Crippen molar-refractivity contribution in [3.8, 4) is 6.07 Å². The van der Waals surface area contributed by atoms with Gasteiger partial charge in [-0.05, 0) is 55.2 Å². The van der Waals surface area contributed by atoms with E-state index in [9.17, 15) is 0 Å². The molecule has 0 heterocycles. The van der Waals surface area contributed by atoms with Gasteiger partial charge in [-0.1, -0.05) is 25.5 Å². The smallest absolute Gasteiger partial charge is 0.0991 e. The normalized spacial score (nSPS) is 25.0. The molecule has 1 aliphatic rings. The van der Waals surface area contributed by atoms with Gasteiger partial charge in [0.05, 0.1) is 11.6 Å².